The van der Waals surface area contributed by atoms with Gasteiger partial charge in [-0.1, -0.05) is 65.7 Å². The van der Waals surface area contributed by atoms with Gasteiger partial charge in [0, 0.05) is 16.8 Å². The number of hydrogen-bond acceptors (Lipinski definition) is 4. The Labute approximate surface area is 175 Å². The highest BCUT2D eigenvalue weighted by molar-refractivity contribution is 6.14. The minimum Gasteiger partial charge on any atom is -0.449 e. The number of nitrogens with one attached hydrogen (secondary N) is 1. The van der Waals surface area contributed by atoms with Crippen molar-refractivity contribution in [3.63, 3.8) is 0 Å². The smallest absolute Gasteiger partial charge is 0.339 e. The lowest BCUT2D eigenvalue weighted by Gasteiger charge is -2.15. The van der Waals surface area contributed by atoms with Gasteiger partial charge >= 0.3 is 5.97 Å². The van der Waals surface area contributed by atoms with E-state index in [9.17, 15) is 14.4 Å². The van der Waals surface area contributed by atoms with E-state index in [1.165, 1.54) is 13.0 Å². The Morgan fingerprint density at radius 2 is 1.30 bits per heavy atom. The van der Waals surface area contributed by atoms with E-state index in [1.807, 2.05) is 38.1 Å². The van der Waals surface area contributed by atoms with E-state index in [2.05, 4.69) is 5.32 Å². The van der Waals surface area contributed by atoms with Crippen molar-refractivity contribution in [1.82, 2.24) is 0 Å². The highest BCUT2D eigenvalue weighted by Gasteiger charge is 2.23. The van der Waals surface area contributed by atoms with Gasteiger partial charge in [0.2, 0.25) is 0 Å². The fraction of sp³-hybridized carbons (Fsp3) is 0.160. The minimum absolute atomic E-state index is 0.123. The Balaban J connectivity index is 1.73. The largest absolute Gasteiger partial charge is 0.449 e. The number of ketones is 1. The lowest BCUT2D eigenvalue weighted by molar-refractivity contribution is -0.123. The zero-order valence-electron chi connectivity index (χ0n) is 17.1. The molecule has 0 aromatic heterocycles. The molecule has 30 heavy (non-hydrogen) atoms. The molecule has 1 atom stereocenters. The molecule has 0 fully saturated rings. The normalized spacial score (nSPS) is 11.4. The zero-order chi connectivity index (χ0) is 21.7. The molecule has 1 amide bonds. The summed E-state index contributed by atoms with van der Waals surface area (Å²) in [7, 11) is 0. The zero-order valence-corrected chi connectivity index (χ0v) is 17.1. The molecule has 0 unspecified atom stereocenters. The van der Waals surface area contributed by atoms with Crippen molar-refractivity contribution in [2.24, 2.45) is 0 Å². The van der Waals surface area contributed by atoms with Crippen LogP contribution in [-0.4, -0.2) is 23.8 Å². The van der Waals surface area contributed by atoms with E-state index in [4.69, 9.17) is 4.74 Å². The van der Waals surface area contributed by atoms with Gasteiger partial charge in [0.05, 0.1) is 5.56 Å². The van der Waals surface area contributed by atoms with Gasteiger partial charge in [-0.2, -0.15) is 0 Å². The first kappa shape index (κ1) is 21.0. The van der Waals surface area contributed by atoms with Gasteiger partial charge in [0.25, 0.3) is 5.91 Å². The van der Waals surface area contributed by atoms with Crippen molar-refractivity contribution in [2.75, 3.05) is 5.32 Å². The highest BCUT2D eigenvalue weighted by atomic mass is 16.5. The van der Waals surface area contributed by atoms with Gasteiger partial charge in [-0.15, -0.1) is 0 Å². The summed E-state index contributed by atoms with van der Waals surface area (Å²) < 4.78 is 5.34. The van der Waals surface area contributed by atoms with Crippen LogP contribution in [0.15, 0.2) is 72.8 Å². The van der Waals surface area contributed by atoms with Crippen LogP contribution in [0.3, 0.4) is 0 Å². The Kier molecular flexibility index (Phi) is 6.42. The molecule has 0 spiro atoms. The number of rotatable bonds is 6. The molecular weight excluding hydrogens is 378 g/mol. The molecular formula is C25H23NO4. The van der Waals surface area contributed by atoms with Crippen LogP contribution in [0.5, 0.6) is 0 Å². The summed E-state index contributed by atoms with van der Waals surface area (Å²) in [5.74, 6) is -1.45. The number of anilines is 1. The minimum atomic E-state index is -1.03. The molecule has 0 heterocycles. The maximum atomic E-state index is 12.9. The number of ether oxygens (including phenoxy) is 1. The number of hydrogen-bond donors (Lipinski definition) is 1. The first-order valence-electron chi connectivity index (χ1n) is 9.64. The SMILES string of the molecule is Cc1ccc(NC(=O)[C@@H](C)OC(=O)c2ccccc2C(=O)c2ccc(C)cc2)cc1. The number of aryl methyl sites for hydroxylation is 2. The predicted molar refractivity (Wildman–Crippen MR) is 116 cm³/mol. The van der Waals surface area contributed by atoms with E-state index < -0.39 is 18.0 Å². The van der Waals surface area contributed by atoms with Crippen LogP contribution in [0.4, 0.5) is 5.69 Å². The second-order valence-corrected chi connectivity index (χ2v) is 7.14. The van der Waals surface area contributed by atoms with Crippen molar-refractivity contribution >= 4 is 23.3 Å². The second-order valence-electron chi connectivity index (χ2n) is 7.14. The van der Waals surface area contributed by atoms with Crippen molar-refractivity contribution < 1.29 is 19.1 Å². The van der Waals surface area contributed by atoms with Crippen LogP contribution in [-0.2, 0) is 9.53 Å². The third kappa shape index (κ3) is 5.00. The van der Waals surface area contributed by atoms with Gasteiger partial charge in [-0.05, 0) is 39.0 Å². The van der Waals surface area contributed by atoms with E-state index in [-0.39, 0.29) is 16.9 Å². The molecule has 0 bridgehead atoms. The molecule has 3 rings (SSSR count). The third-order valence-corrected chi connectivity index (χ3v) is 4.68. The Morgan fingerprint density at radius 3 is 1.90 bits per heavy atom. The van der Waals surface area contributed by atoms with E-state index in [0.717, 1.165) is 11.1 Å². The Bertz CT molecular complexity index is 1070. The molecule has 5 nitrogen and oxygen atoms in total. The number of esters is 1. The maximum Gasteiger partial charge on any atom is 0.339 e. The first-order chi connectivity index (χ1) is 14.3. The average molecular weight is 401 g/mol. The Morgan fingerprint density at radius 1 is 0.767 bits per heavy atom. The average Bonchev–Trinajstić information content (AvgIpc) is 2.75. The standard InChI is InChI=1S/C25H23NO4/c1-16-8-12-19(13-9-16)23(27)21-6-4-5-7-22(21)25(29)30-18(3)24(28)26-20-14-10-17(2)11-15-20/h4-15,18H,1-3H3,(H,26,28)/t18-/m1/s1. The Hall–Kier alpha value is -3.73. The van der Waals surface area contributed by atoms with E-state index in [0.29, 0.717) is 11.3 Å². The lowest BCUT2D eigenvalue weighted by Crippen LogP contribution is -2.30. The predicted octanol–water partition coefficient (Wildman–Crippen LogP) is 4.72. The van der Waals surface area contributed by atoms with E-state index >= 15 is 0 Å². The molecule has 0 aliphatic rings. The van der Waals surface area contributed by atoms with Crippen LogP contribution < -0.4 is 5.32 Å². The molecule has 0 saturated heterocycles. The number of benzene rings is 3. The molecule has 0 aliphatic carbocycles. The van der Waals surface area contributed by atoms with Gasteiger partial charge in [-0.3, -0.25) is 9.59 Å². The third-order valence-electron chi connectivity index (χ3n) is 4.68. The molecule has 0 aliphatic heterocycles. The quantitative estimate of drug-likeness (QED) is 0.479. The molecule has 1 N–H and O–H groups in total. The summed E-state index contributed by atoms with van der Waals surface area (Å²) in [6, 6.07) is 20.9. The van der Waals surface area contributed by atoms with Crippen molar-refractivity contribution in [3.05, 3.63) is 101 Å². The van der Waals surface area contributed by atoms with Crippen molar-refractivity contribution in [3.8, 4) is 0 Å². The number of amides is 1. The van der Waals surface area contributed by atoms with Crippen LogP contribution >= 0.6 is 0 Å². The van der Waals surface area contributed by atoms with Gasteiger partial charge in [-0.25, -0.2) is 4.79 Å². The molecule has 152 valence electrons. The van der Waals surface area contributed by atoms with E-state index in [1.54, 1.807) is 42.5 Å². The van der Waals surface area contributed by atoms with Gasteiger partial charge in [0.15, 0.2) is 11.9 Å². The summed E-state index contributed by atoms with van der Waals surface area (Å²) >= 11 is 0. The number of carbonyl (C=O) groups is 3. The van der Waals surface area contributed by atoms with Crippen LogP contribution in [0, 0.1) is 13.8 Å². The monoisotopic (exact) mass is 401 g/mol. The maximum absolute atomic E-state index is 12.9. The van der Waals surface area contributed by atoms with Crippen molar-refractivity contribution in [2.45, 2.75) is 26.9 Å². The van der Waals surface area contributed by atoms with Gasteiger partial charge in [0.1, 0.15) is 0 Å². The van der Waals surface area contributed by atoms with Gasteiger partial charge < -0.3 is 10.1 Å². The highest BCUT2D eigenvalue weighted by Crippen LogP contribution is 2.18. The summed E-state index contributed by atoms with van der Waals surface area (Å²) in [6.45, 7) is 5.37. The summed E-state index contributed by atoms with van der Waals surface area (Å²) in [5, 5.41) is 2.71. The summed E-state index contributed by atoms with van der Waals surface area (Å²) in [6.07, 6.45) is -1.03. The fourth-order valence-electron chi connectivity index (χ4n) is 2.88. The molecule has 5 heteroatoms. The fourth-order valence-corrected chi connectivity index (χ4v) is 2.88. The molecule has 3 aromatic carbocycles. The van der Waals surface area contributed by atoms with Crippen LogP contribution in [0.25, 0.3) is 0 Å². The van der Waals surface area contributed by atoms with Crippen LogP contribution in [0.1, 0.15) is 44.3 Å². The first-order valence-corrected chi connectivity index (χ1v) is 9.64. The number of carbonyl (C=O) groups excluding carboxylic acids is 3. The van der Waals surface area contributed by atoms with Crippen LogP contribution in [0.2, 0.25) is 0 Å². The molecule has 3 aromatic rings. The topological polar surface area (TPSA) is 72.5 Å². The summed E-state index contributed by atoms with van der Waals surface area (Å²) in [5.41, 5.74) is 3.56. The summed E-state index contributed by atoms with van der Waals surface area (Å²) in [4.78, 5) is 38.0. The van der Waals surface area contributed by atoms with Crippen molar-refractivity contribution in [1.29, 1.82) is 0 Å². The molecule has 0 saturated carbocycles. The second kappa shape index (κ2) is 9.18. The lowest BCUT2D eigenvalue weighted by atomic mass is 9.98. The molecule has 0 radical (unpaired) electrons.